The van der Waals surface area contributed by atoms with Gasteiger partial charge in [-0.05, 0) is 49.9 Å². The Balaban J connectivity index is 2.41. The number of carbonyl (C=O) groups is 1. The van der Waals surface area contributed by atoms with Gasteiger partial charge in [0.1, 0.15) is 12.3 Å². The molecule has 2 aromatic carbocycles. The van der Waals surface area contributed by atoms with Crippen LogP contribution in [0.4, 0.5) is 5.69 Å². The topological polar surface area (TPSA) is 75.7 Å². The molecule has 0 aromatic heterocycles. The van der Waals surface area contributed by atoms with Crippen molar-refractivity contribution in [3.63, 3.8) is 0 Å². The van der Waals surface area contributed by atoms with Crippen LogP contribution in [0.1, 0.15) is 41.0 Å². The fourth-order valence-corrected chi connectivity index (χ4v) is 5.23. The maximum Gasteiger partial charge on any atom is 0.264 e. The first-order valence-corrected chi connectivity index (χ1v) is 11.3. The molecule has 0 bridgehead atoms. The van der Waals surface area contributed by atoms with Crippen molar-refractivity contribution < 1.29 is 17.9 Å². The van der Waals surface area contributed by atoms with Crippen LogP contribution in [0.25, 0.3) is 0 Å². The Morgan fingerprint density at radius 1 is 0.967 bits per heavy atom. The second kappa shape index (κ2) is 9.08. The molecule has 1 N–H and O–H groups in total. The maximum atomic E-state index is 13.4. The van der Waals surface area contributed by atoms with Gasteiger partial charge in [-0.2, -0.15) is 0 Å². The van der Waals surface area contributed by atoms with E-state index < -0.39 is 15.6 Å². The molecule has 1 amide bonds. The first-order valence-electron chi connectivity index (χ1n) is 9.88. The number of amides is 1. The van der Waals surface area contributed by atoms with Crippen LogP contribution in [-0.4, -0.2) is 33.5 Å². The second-order valence-electron chi connectivity index (χ2n) is 9.17. The van der Waals surface area contributed by atoms with Gasteiger partial charge >= 0.3 is 0 Å². The third-order valence-electron chi connectivity index (χ3n) is 4.42. The molecule has 0 unspecified atom stereocenters. The predicted molar refractivity (Wildman–Crippen MR) is 120 cm³/mol. The summed E-state index contributed by atoms with van der Waals surface area (Å²) in [6, 6.07) is 14.8. The molecule has 0 atom stereocenters. The standard InChI is InChI=1S/C23H32N2O4S/c1-22(2,3)17-23(4,5)24-21(26)16-25(19-14-10-11-15-20(19)29-6)30(27,28)18-12-8-7-9-13-18/h7-15H,16-17H2,1-6H3,(H,24,26). The number of para-hydroxylation sites is 2. The van der Waals surface area contributed by atoms with Crippen molar-refractivity contribution in [3.05, 3.63) is 54.6 Å². The number of rotatable bonds is 8. The van der Waals surface area contributed by atoms with Gasteiger partial charge in [-0.15, -0.1) is 0 Å². The normalized spacial score (nSPS) is 12.3. The smallest absolute Gasteiger partial charge is 0.264 e. The minimum atomic E-state index is -3.98. The van der Waals surface area contributed by atoms with Gasteiger partial charge in [0.15, 0.2) is 0 Å². The minimum absolute atomic E-state index is 0.00916. The fraction of sp³-hybridized carbons (Fsp3) is 0.435. The van der Waals surface area contributed by atoms with E-state index in [0.29, 0.717) is 11.4 Å². The molecule has 0 aliphatic heterocycles. The number of hydrogen-bond donors (Lipinski definition) is 1. The average Bonchev–Trinajstić information content (AvgIpc) is 2.64. The van der Waals surface area contributed by atoms with Gasteiger partial charge in [-0.25, -0.2) is 8.42 Å². The van der Waals surface area contributed by atoms with E-state index in [2.05, 4.69) is 26.1 Å². The summed E-state index contributed by atoms with van der Waals surface area (Å²) in [7, 11) is -2.51. The summed E-state index contributed by atoms with van der Waals surface area (Å²) in [6.45, 7) is 9.82. The molecule has 0 fully saturated rings. The zero-order chi connectivity index (χ0) is 22.6. The van der Waals surface area contributed by atoms with E-state index in [0.717, 1.165) is 10.7 Å². The van der Waals surface area contributed by atoms with Gasteiger partial charge in [-0.3, -0.25) is 9.10 Å². The highest BCUT2D eigenvalue weighted by molar-refractivity contribution is 7.92. The first kappa shape index (κ1) is 23.7. The van der Waals surface area contributed by atoms with E-state index in [9.17, 15) is 13.2 Å². The third kappa shape index (κ3) is 6.23. The quantitative estimate of drug-likeness (QED) is 0.678. The lowest BCUT2D eigenvalue weighted by Crippen LogP contribution is -2.50. The first-order chi connectivity index (χ1) is 13.9. The molecule has 0 saturated heterocycles. The summed E-state index contributed by atoms with van der Waals surface area (Å²) in [5.41, 5.74) is -0.166. The van der Waals surface area contributed by atoms with Crippen molar-refractivity contribution >= 4 is 21.6 Å². The average molecular weight is 433 g/mol. The van der Waals surface area contributed by atoms with E-state index in [1.165, 1.54) is 19.2 Å². The highest BCUT2D eigenvalue weighted by Crippen LogP contribution is 2.32. The molecule has 0 saturated carbocycles. The predicted octanol–water partition coefficient (Wildman–Crippen LogP) is 4.22. The largest absolute Gasteiger partial charge is 0.495 e. The van der Waals surface area contributed by atoms with Gasteiger partial charge in [0.05, 0.1) is 17.7 Å². The Bertz CT molecular complexity index is 964. The molecule has 0 radical (unpaired) electrons. The van der Waals surface area contributed by atoms with Crippen LogP contribution < -0.4 is 14.4 Å². The Labute approximate surface area is 180 Å². The van der Waals surface area contributed by atoms with Crippen molar-refractivity contribution in [3.8, 4) is 5.75 Å². The van der Waals surface area contributed by atoms with Crippen molar-refractivity contribution in [2.24, 2.45) is 5.41 Å². The third-order valence-corrected chi connectivity index (χ3v) is 6.20. The number of hydrogen-bond acceptors (Lipinski definition) is 4. The van der Waals surface area contributed by atoms with Gasteiger partial charge in [0.25, 0.3) is 10.0 Å². The summed E-state index contributed by atoms with van der Waals surface area (Å²) in [5, 5.41) is 2.99. The maximum absolute atomic E-state index is 13.4. The van der Waals surface area contributed by atoms with Crippen LogP contribution in [0.3, 0.4) is 0 Å². The summed E-state index contributed by atoms with van der Waals surface area (Å²) in [4.78, 5) is 13.1. The zero-order valence-corrected chi connectivity index (χ0v) is 19.4. The number of sulfonamides is 1. The lowest BCUT2D eigenvalue weighted by atomic mass is 9.82. The van der Waals surface area contributed by atoms with Crippen molar-refractivity contribution in [2.75, 3.05) is 18.0 Å². The molecule has 7 heteroatoms. The highest BCUT2D eigenvalue weighted by atomic mass is 32.2. The minimum Gasteiger partial charge on any atom is -0.495 e. The molecule has 6 nitrogen and oxygen atoms in total. The zero-order valence-electron chi connectivity index (χ0n) is 18.6. The number of benzene rings is 2. The molecule has 0 aliphatic rings. The molecule has 30 heavy (non-hydrogen) atoms. The molecule has 2 aromatic rings. The second-order valence-corrected chi connectivity index (χ2v) is 11.0. The van der Waals surface area contributed by atoms with E-state index in [1.807, 2.05) is 13.8 Å². The van der Waals surface area contributed by atoms with Gasteiger partial charge in [0, 0.05) is 5.54 Å². The van der Waals surface area contributed by atoms with Crippen LogP contribution in [0.5, 0.6) is 5.75 Å². The number of ether oxygens (including phenoxy) is 1. The van der Waals surface area contributed by atoms with E-state index in [-0.39, 0.29) is 22.8 Å². The molecule has 0 spiro atoms. The summed E-state index contributed by atoms with van der Waals surface area (Å²) >= 11 is 0. The van der Waals surface area contributed by atoms with Gasteiger partial charge in [-0.1, -0.05) is 51.1 Å². The lowest BCUT2D eigenvalue weighted by Gasteiger charge is -2.34. The number of anilines is 1. The highest BCUT2D eigenvalue weighted by Gasteiger charge is 2.32. The summed E-state index contributed by atoms with van der Waals surface area (Å²) in [5.74, 6) is -0.00609. The van der Waals surface area contributed by atoms with Crippen LogP contribution in [0, 0.1) is 5.41 Å². The lowest BCUT2D eigenvalue weighted by molar-refractivity contribution is -0.121. The van der Waals surface area contributed by atoms with Crippen molar-refractivity contribution in [2.45, 2.75) is 51.5 Å². The van der Waals surface area contributed by atoms with E-state index >= 15 is 0 Å². The Kier molecular flexibility index (Phi) is 7.18. The Hall–Kier alpha value is -2.54. The summed E-state index contributed by atoms with van der Waals surface area (Å²) in [6.07, 6.45) is 0.742. The Morgan fingerprint density at radius 2 is 1.53 bits per heavy atom. The van der Waals surface area contributed by atoms with Gasteiger partial charge in [0.2, 0.25) is 5.91 Å². The molecule has 164 valence electrons. The van der Waals surface area contributed by atoms with Crippen LogP contribution in [0.15, 0.2) is 59.5 Å². The number of nitrogens with zero attached hydrogens (tertiary/aromatic N) is 1. The SMILES string of the molecule is COc1ccccc1N(CC(=O)NC(C)(C)CC(C)(C)C)S(=O)(=O)c1ccccc1. The molecule has 2 rings (SSSR count). The number of methoxy groups -OCH3 is 1. The Morgan fingerprint density at radius 3 is 2.10 bits per heavy atom. The van der Waals surface area contributed by atoms with E-state index in [4.69, 9.17) is 4.74 Å². The summed E-state index contributed by atoms with van der Waals surface area (Å²) < 4.78 is 33.3. The van der Waals surface area contributed by atoms with E-state index in [1.54, 1.807) is 42.5 Å². The number of carbonyl (C=O) groups excluding carboxylic acids is 1. The van der Waals surface area contributed by atoms with Crippen LogP contribution >= 0.6 is 0 Å². The molecular weight excluding hydrogens is 400 g/mol. The number of nitrogens with one attached hydrogen (secondary N) is 1. The van der Waals surface area contributed by atoms with Crippen LogP contribution in [0.2, 0.25) is 0 Å². The van der Waals surface area contributed by atoms with Crippen molar-refractivity contribution in [1.29, 1.82) is 0 Å². The van der Waals surface area contributed by atoms with Crippen molar-refractivity contribution in [1.82, 2.24) is 5.32 Å². The van der Waals surface area contributed by atoms with Crippen LogP contribution in [-0.2, 0) is 14.8 Å². The molecule has 0 aliphatic carbocycles. The monoisotopic (exact) mass is 432 g/mol. The fourth-order valence-electron chi connectivity index (χ4n) is 3.77. The molecule has 0 heterocycles. The molecular formula is C23H32N2O4S. The van der Waals surface area contributed by atoms with Gasteiger partial charge < -0.3 is 10.1 Å².